The number of anilines is 1. The van der Waals surface area contributed by atoms with Gasteiger partial charge in [0.2, 0.25) is 11.8 Å². The molecule has 0 heterocycles. The van der Waals surface area contributed by atoms with Crippen LogP contribution in [0.5, 0.6) is 0 Å². The average molecular weight is 617 g/mol. The lowest BCUT2D eigenvalue weighted by atomic mass is 10.1. The van der Waals surface area contributed by atoms with Crippen LogP contribution < -0.4 is 9.62 Å². The minimum atomic E-state index is -4.17. The Morgan fingerprint density at radius 3 is 2.24 bits per heavy atom. The second kappa shape index (κ2) is 13.3. The molecule has 0 saturated heterocycles. The molecular formula is C31H35Cl2N3O4S. The molecule has 41 heavy (non-hydrogen) atoms. The van der Waals surface area contributed by atoms with Crippen LogP contribution in [0.3, 0.4) is 0 Å². The standard InChI is InChI=1S/C31H35Cl2N3O4S/c1-21-12-16-27(17-13-21)41(39,40)36(26-15-14-22(2)29(33)18-26)20-30(37)35(19-24-8-4-7-11-28(24)32)23(3)31(38)34-25-9-5-6-10-25/h4,7-8,11-18,23,25H,5-6,9-10,19-20H2,1-3H3,(H,34,38)/t23-/m0/s1. The van der Waals surface area contributed by atoms with E-state index in [1.54, 1.807) is 55.5 Å². The third-order valence-electron chi connectivity index (χ3n) is 7.50. The van der Waals surface area contributed by atoms with Gasteiger partial charge in [-0.3, -0.25) is 13.9 Å². The number of halogens is 2. The van der Waals surface area contributed by atoms with Crippen molar-refractivity contribution in [1.29, 1.82) is 0 Å². The van der Waals surface area contributed by atoms with Crippen molar-refractivity contribution in [1.82, 2.24) is 10.2 Å². The average Bonchev–Trinajstić information content (AvgIpc) is 3.45. The van der Waals surface area contributed by atoms with Gasteiger partial charge < -0.3 is 10.2 Å². The molecule has 0 spiro atoms. The van der Waals surface area contributed by atoms with E-state index >= 15 is 0 Å². The molecule has 1 saturated carbocycles. The van der Waals surface area contributed by atoms with Crippen LogP contribution >= 0.6 is 23.2 Å². The molecule has 1 N–H and O–H groups in total. The number of rotatable bonds is 10. The maximum absolute atomic E-state index is 14.1. The van der Waals surface area contributed by atoms with Crippen molar-refractivity contribution in [3.8, 4) is 0 Å². The number of sulfonamides is 1. The molecular weight excluding hydrogens is 581 g/mol. The van der Waals surface area contributed by atoms with E-state index in [2.05, 4.69) is 5.32 Å². The molecule has 1 atom stereocenters. The molecule has 0 unspecified atom stereocenters. The van der Waals surface area contributed by atoms with E-state index in [0.29, 0.717) is 15.6 Å². The highest BCUT2D eigenvalue weighted by Crippen LogP contribution is 2.29. The fourth-order valence-corrected chi connectivity index (χ4v) is 6.66. The molecule has 1 aliphatic carbocycles. The second-order valence-corrected chi connectivity index (χ2v) is 13.2. The first-order chi connectivity index (χ1) is 19.5. The molecule has 7 nitrogen and oxygen atoms in total. The van der Waals surface area contributed by atoms with E-state index in [1.165, 1.54) is 23.1 Å². The minimum Gasteiger partial charge on any atom is -0.352 e. The maximum atomic E-state index is 14.1. The van der Waals surface area contributed by atoms with Gasteiger partial charge in [-0.15, -0.1) is 0 Å². The Morgan fingerprint density at radius 1 is 0.951 bits per heavy atom. The molecule has 0 radical (unpaired) electrons. The number of carbonyl (C=O) groups excluding carboxylic acids is 2. The molecule has 218 valence electrons. The topological polar surface area (TPSA) is 86.8 Å². The van der Waals surface area contributed by atoms with Gasteiger partial charge in [0.1, 0.15) is 12.6 Å². The SMILES string of the molecule is Cc1ccc(S(=O)(=O)N(CC(=O)N(Cc2ccccc2Cl)[C@@H](C)C(=O)NC2CCCC2)c2ccc(C)c(Cl)c2)cc1. The minimum absolute atomic E-state index is 0.0326. The third-order valence-corrected chi connectivity index (χ3v) is 10.1. The summed E-state index contributed by atoms with van der Waals surface area (Å²) < 4.78 is 29.0. The number of carbonyl (C=O) groups is 2. The fraction of sp³-hybridized carbons (Fsp3) is 0.355. The first-order valence-corrected chi connectivity index (χ1v) is 15.9. The number of benzene rings is 3. The lowest BCUT2D eigenvalue weighted by molar-refractivity contribution is -0.139. The summed E-state index contributed by atoms with van der Waals surface area (Å²) >= 11 is 12.8. The van der Waals surface area contributed by atoms with Crippen LogP contribution in [-0.4, -0.2) is 43.8 Å². The number of hydrogen-bond donors (Lipinski definition) is 1. The lowest BCUT2D eigenvalue weighted by Crippen LogP contribution is -2.52. The van der Waals surface area contributed by atoms with E-state index in [4.69, 9.17) is 23.2 Å². The summed E-state index contributed by atoms with van der Waals surface area (Å²) in [5, 5.41) is 3.88. The highest BCUT2D eigenvalue weighted by molar-refractivity contribution is 7.92. The van der Waals surface area contributed by atoms with Gasteiger partial charge in [-0.05, 0) is 75.1 Å². The Bertz CT molecular complexity index is 1510. The van der Waals surface area contributed by atoms with Gasteiger partial charge in [0.25, 0.3) is 10.0 Å². The number of nitrogens with zero attached hydrogens (tertiary/aromatic N) is 2. The van der Waals surface area contributed by atoms with Crippen LogP contribution in [0.15, 0.2) is 71.6 Å². The molecule has 4 rings (SSSR count). The van der Waals surface area contributed by atoms with Gasteiger partial charge in [-0.25, -0.2) is 8.42 Å². The smallest absolute Gasteiger partial charge is 0.264 e. The number of aryl methyl sites for hydroxylation is 2. The van der Waals surface area contributed by atoms with E-state index in [9.17, 15) is 18.0 Å². The fourth-order valence-electron chi connectivity index (χ4n) is 4.89. The summed E-state index contributed by atoms with van der Waals surface area (Å²) in [7, 11) is -4.17. The van der Waals surface area contributed by atoms with E-state index in [-0.39, 0.29) is 29.1 Å². The van der Waals surface area contributed by atoms with Gasteiger partial charge in [0.15, 0.2) is 0 Å². The zero-order valence-corrected chi connectivity index (χ0v) is 25.8. The molecule has 1 fully saturated rings. The molecule has 2 amide bonds. The number of hydrogen-bond acceptors (Lipinski definition) is 4. The van der Waals surface area contributed by atoms with E-state index < -0.39 is 28.5 Å². The van der Waals surface area contributed by atoms with Crippen molar-refractivity contribution in [2.45, 2.75) is 70.0 Å². The van der Waals surface area contributed by atoms with Crippen LogP contribution in [0.4, 0.5) is 5.69 Å². The Hall–Kier alpha value is -3.07. The summed E-state index contributed by atoms with van der Waals surface area (Å²) in [6.45, 7) is 4.82. The van der Waals surface area contributed by atoms with Crippen molar-refractivity contribution in [3.05, 3.63) is 93.5 Å². The van der Waals surface area contributed by atoms with Crippen LogP contribution in [0.25, 0.3) is 0 Å². The first-order valence-electron chi connectivity index (χ1n) is 13.7. The van der Waals surface area contributed by atoms with Gasteiger partial charge in [-0.1, -0.05) is 78.0 Å². The molecule has 3 aromatic carbocycles. The van der Waals surface area contributed by atoms with Crippen molar-refractivity contribution in [2.75, 3.05) is 10.8 Å². The van der Waals surface area contributed by atoms with Gasteiger partial charge in [0, 0.05) is 22.6 Å². The highest BCUT2D eigenvalue weighted by atomic mass is 35.5. The monoisotopic (exact) mass is 615 g/mol. The van der Waals surface area contributed by atoms with Crippen molar-refractivity contribution in [2.24, 2.45) is 0 Å². The Kier molecular flexibility index (Phi) is 10.00. The lowest BCUT2D eigenvalue weighted by Gasteiger charge is -2.32. The molecule has 0 bridgehead atoms. The zero-order chi connectivity index (χ0) is 29.7. The number of nitrogens with one attached hydrogen (secondary N) is 1. The summed E-state index contributed by atoms with van der Waals surface area (Å²) in [5.41, 5.74) is 2.56. The van der Waals surface area contributed by atoms with Gasteiger partial charge in [0.05, 0.1) is 10.6 Å². The largest absolute Gasteiger partial charge is 0.352 e. The summed E-state index contributed by atoms with van der Waals surface area (Å²) in [6.07, 6.45) is 3.89. The van der Waals surface area contributed by atoms with Gasteiger partial charge in [-0.2, -0.15) is 0 Å². The normalized spacial score (nSPS) is 14.5. The van der Waals surface area contributed by atoms with E-state index in [1.807, 2.05) is 13.8 Å². The van der Waals surface area contributed by atoms with Crippen molar-refractivity contribution >= 4 is 50.7 Å². The predicted molar refractivity (Wildman–Crippen MR) is 164 cm³/mol. The summed E-state index contributed by atoms with van der Waals surface area (Å²) in [6, 6.07) is 17.6. The van der Waals surface area contributed by atoms with E-state index in [0.717, 1.165) is 41.1 Å². The highest BCUT2D eigenvalue weighted by Gasteiger charge is 2.33. The van der Waals surface area contributed by atoms with Crippen LogP contribution in [0.1, 0.15) is 49.3 Å². The summed E-state index contributed by atoms with van der Waals surface area (Å²) in [4.78, 5) is 28.8. The molecule has 1 aliphatic rings. The Labute approximate surface area is 252 Å². The van der Waals surface area contributed by atoms with Crippen LogP contribution in [0.2, 0.25) is 10.0 Å². The quantitative estimate of drug-likeness (QED) is 0.291. The zero-order valence-electron chi connectivity index (χ0n) is 23.4. The Balaban J connectivity index is 1.71. The van der Waals surface area contributed by atoms with Crippen LogP contribution in [0, 0.1) is 13.8 Å². The molecule has 3 aromatic rings. The third kappa shape index (κ3) is 7.42. The summed E-state index contributed by atoms with van der Waals surface area (Å²) in [5.74, 6) is -0.838. The van der Waals surface area contributed by atoms with Gasteiger partial charge >= 0.3 is 0 Å². The van der Waals surface area contributed by atoms with Crippen LogP contribution in [-0.2, 0) is 26.2 Å². The predicted octanol–water partition coefficient (Wildman–Crippen LogP) is 6.28. The second-order valence-electron chi connectivity index (χ2n) is 10.5. The number of amides is 2. The molecule has 0 aromatic heterocycles. The van der Waals surface area contributed by atoms with Crippen molar-refractivity contribution in [3.63, 3.8) is 0 Å². The van der Waals surface area contributed by atoms with Crippen molar-refractivity contribution < 1.29 is 18.0 Å². The Morgan fingerprint density at radius 2 is 1.61 bits per heavy atom. The maximum Gasteiger partial charge on any atom is 0.264 e. The molecule has 0 aliphatic heterocycles. The first kappa shape index (κ1) is 30.9. The molecule has 10 heteroatoms.